The Kier molecular flexibility index (Phi) is 8.43. The van der Waals surface area contributed by atoms with Crippen molar-refractivity contribution in [3.8, 4) is 0 Å². The Bertz CT molecular complexity index is 262. The lowest BCUT2D eigenvalue weighted by molar-refractivity contribution is 0.0243. The molecule has 1 rings (SSSR count). The number of carbonyl (C=O) groups is 1. The summed E-state index contributed by atoms with van der Waals surface area (Å²) in [4.78, 5) is 14.1. The Balaban J connectivity index is 2.44. The molecule has 0 aliphatic carbocycles. The molecule has 0 bridgehead atoms. The zero-order valence-corrected chi connectivity index (χ0v) is 14.3. The standard InChI is InChI=1S/C16H31NO2S/c1-16(2,3)19-15(18)17-11-7-4-5-9-13-20-14-10-6-8-12-17/h4-14H2,1-3H3. The van der Waals surface area contributed by atoms with Gasteiger partial charge >= 0.3 is 6.09 Å². The molecule has 1 amide bonds. The van der Waals surface area contributed by atoms with Crippen molar-refractivity contribution in [1.29, 1.82) is 0 Å². The number of hydrogen-bond donors (Lipinski definition) is 0. The predicted molar refractivity (Wildman–Crippen MR) is 87.5 cm³/mol. The Morgan fingerprint density at radius 2 is 1.40 bits per heavy atom. The summed E-state index contributed by atoms with van der Waals surface area (Å²) in [6.07, 6.45) is 8.37. The van der Waals surface area contributed by atoms with Crippen LogP contribution < -0.4 is 0 Å². The van der Waals surface area contributed by atoms with Gasteiger partial charge in [-0.3, -0.25) is 0 Å². The molecular formula is C16H31NO2S. The van der Waals surface area contributed by atoms with E-state index >= 15 is 0 Å². The zero-order valence-electron chi connectivity index (χ0n) is 13.5. The molecule has 118 valence electrons. The van der Waals surface area contributed by atoms with Crippen LogP contribution >= 0.6 is 11.8 Å². The second kappa shape index (κ2) is 9.54. The molecule has 0 atom stereocenters. The van der Waals surface area contributed by atoms with E-state index in [2.05, 4.69) is 11.8 Å². The lowest BCUT2D eigenvalue weighted by Crippen LogP contribution is -2.38. The van der Waals surface area contributed by atoms with Crippen molar-refractivity contribution >= 4 is 17.9 Å². The minimum Gasteiger partial charge on any atom is -0.444 e. The molecule has 0 spiro atoms. The van der Waals surface area contributed by atoms with Crippen LogP contribution in [0, 0.1) is 0 Å². The molecule has 4 heteroatoms. The Labute approximate surface area is 128 Å². The van der Waals surface area contributed by atoms with Crippen LogP contribution in [-0.4, -0.2) is 41.2 Å². The third-order valence-corrected chi connectivity index (χ3v) is 4.49. The Morgan fingerprint density at radius 1 is 0.900 bits per heavy atom. The van der Waals surface area contributed by atoms with Crippen molar-refractivity contribution in [2.75, 3.05) is 24.6 Å². The van der Waals surface area contributed by atoms with E-state index in [1.54, 1.807) is 0 Å². The second-order valence-corrected chi connectivity index (χ2v) is 7.78. The fourth-order valence-corrected chi connectivity index (χ4v) is 3.29. The third kappa shape index (κ3) is 8.72. The van der Waals surface area contributed by atoms with Gasteiger partial charge in [-0.15, -0.1) is 0 Å². The fourth-order valence-electron chi connectivity index (χ4n) is 2.27. The normalized spacial score (nSPS) is 20.4. The smallest absolute Gasteiger partial charge is 0.410 e. The summed E-state index contributed by atoms with van der Waals surface area (Å²) in [6.45, 7) is 7.50. The van der Waals surface area contributed by atoms with Crippen LogP contribution in [0.25, 0.3) is 0 Å². The molecule has 0 radical (unpaired) electrons. The van der Waals surface area contributed by atoms with Crippen LogP contribution in [0.3, 0.4) is 0 Å². The van der Waals surface area contributed by atoms with Crippen LogP contribution in [0.2, 0.25) is 0 Å². The van der Waals surface area contributed by atoms with Gasteiger partial charge in [0, 0.05) is 13.1 Å². The molecule has 20 heavy (non-hydrogen) atoms. The van der Waals surface area contributed by atoms with Gasteiger partial charge in [-0.2, -0.15) is 11.8 Å². The van der Waals surface area contributed by atoms with Crippen molar-refractivity contribution in [3.63, 3.8) is 0 Å². The molecule has 0 unspecified atom stereocenters. The van der Waals surface area contributed by atoms with Crippen molar-refractivity contribution in [1.82, 2.24) is 4.90 Å². The minimum absolute atomic E-state index is 0.137. The predicted octanol–water partition coefficient (Wildman–Crippen LogP) is 4.70. The summed E-state index contributed by atoms with van der Waals surface area (Å²) in [5.74, 6) is 2.57. The highest BCUT2D eigenvalue weighted by Gasteiger charge is 2.21. The van der Waals surface area contributed by atoms with Gasteiger partial charge in [0.1, 0.15) is 5.60 Å². The topological polar surface area (TPSA) is 29.5 Å². The lowest BCUT2D eigenvalue weighted by Gasteiger charge is -2.27. The van der Waals surface area contributed by atoms with Gasteiger partial charge in [-0.1, -0.05) is 19.3 Å². The average Bonchev–Trinajstić information content (AvgIpc) is 2.37. The Morgan fingerprint density at radius 3 is 1.95 bits per heavy atom. The first-order valence-electron chi connectivity index (χ1n) is 8.05. The van der Waals surface area contributed by atoms with E-state index in [0.29, 0.717) is 0 Å². The maximum Gasteiger partial charge on any atom is 0.410 e. The molecular weight excluding hydrogens is 270 g/mol. The van der Waals surface area contributed by atoms with Crippen molar-refractivity contribution in [2.24, 2.45) is 0 Å². The van der Waals surface area contributed by atoms with Crippen LogP contribution in [-0.2, 0) is 4.74 Å². The molecule has 0 saturated carbocycles. The highest BCUT2D eigenvalue weighted by molar-refractivity contribution is 7.99. The maximum absolute atomic E-state index is 12.2. The quantitative estimate of drug-likeness (QED) is 0.649. The van der Waals surface area contributed by atoms with E-state index in [0.717, 1.165) is 25.9 Å². The van der Waals surface area contributed by atoms with Crippen molar-refractivity contribution < 1.29 is 9.53 Å². The second-order valence-electron chi connectivity index (χ2n) is 6.55. The first kappa shape index (κ1) is 17.7. The molecule has 0 aromatic rings. The van der Waals surface area contributed by atoms with E-state index < -0.39 is 5.60 Å². The Hall–Kier alpha value is -0.380. The van der Waals surface area contributed by atoms with Crippen molar-refractivity contribution in [3.05, 3.63) is 0 Å². The van der Waals surface area contributed by atoms with E-state index in [1.165, 1.54) is 43.6 Å². The lowest BCUT2D eigenvalue weighted by atomic mass is 10.2. The number of hydrogen-bond acceptors (Lipinski definition) is 3. The summed E-state index contributed by atoms with van der Waals surface area (Å²) < 4.78 is 5.51. The number of nitrogens with zero attached hydrogens (tertiary/aromatic N) is 1. The summed E-state index contributed by atoms with van der Waals surface area (Å²) in [5.41, 5.74) is -0.394. The summed E-state index contributed by atoms with van der Waals surface area (Å²) in [5, 5.41) is 0. The molecule has 1 saturated heterocycles. The van der Waals surface area contributed by atoms with E-state index in [-0.39, 0.29) is 6.09 Å². The van der Waals surface area contributed by atoms with Gasteiger partial charge in [0.2, 0.25) is 0 Å². The van der Waals surface area contributed by atoms with E-state index in [4.69, 9.17) is 4.74 Å². The first-order valence-corrected chi connectivity index (χ1v) is 9.20. The van der Waals surface area contributed by atoms with Crippen LogP contribution in [0.4, 0.5) is 4.79 Å². The van der Waals surface area contributed by atoms with Gasteiger partial charge in [0.05, 0.1) is 0 Å². The van der Waals surface area contributed by atoms with Crippen LogP contribution in [0.15, 0.2) is 0 Å². The third-order valence-electron chi connectivity index (χ3n) is 3.34. The number of rotatable bonds is 0. The van der Waals surface area contributed by atoms with E-state index in [9.17, 15) is 4.79 Å². The first-order chi connectivity index (χ1) is 9.49. The molecule has 3 nitrogen and oxygen atoms in total. The summed E-state index contributed by atoms with van der Waals surface area (Å²) >= 11 is 2.08. The number of thioether (sulfide) groups is 1. The molecule has 0 N–H and O–H groups in total. The van der Waals surface area contributed by atoms with Gasteiger partial charge in [-0.25, -0.2) is 4.79 Å². The molecule has 0 aromatic heterocycles. The minimum atomic E-state index is -0.394. The highest BCUT2D eigenvalue weighted by atomic mass is 32.2. The van der Waals surface area contributed by atoms with Gasteiger partial charge < -0.3 is 9.64 Å². The largest absolute Gasteiger partial charge is 0.444 e. The number of ether oxygens (including phenoxy) is 1. The number of amides is 1. The maximum atomic E-state index is 12.2. The van der Waals surface area contributed by atoms with Gasteiger partial charge in [0.15, 0.2) is 0 Å². The zero-order chi connectivity index (χ0) is 14.8. The monoisotopic (exact) mass is 301 g/mol. The van der Waals surface area contributed by atoms with Gasteiger partial charge in [-0.05, 0) is 58.0 Å². The van der Waals surface area contributed by atoms with Gasteiger partial charge in [0.25, 0.3) is 0 Å². The van der Waals surface area contributed by atoms with Crippen molar-refractivity contribution in [2.45, 2.75) is 71.3 Å². The summed E-state index contributed by atoms with van der Waals surface area (Å²) in [6, 6.07) is 0. The van der Waals surface area contributed by atoms with E-state index in [1.807, 2.05) is 25.7 Å². The molecule has 1 aliphatic rings. The molecule has 1 fully saturated rings. The van der Waals surface area contributed by atoms with Crippen LogP contribution in [0.1, 0.15) is 65.7 Å². The SMILES string of the molecule is CC(C)(C)OC(=O)N1CCCCCCSCCCCC1. The number of carbonyl (C=O) groups excluding carboxylic acids is 1. The average molecular weight is 301 g/mol. The highest BCUT2D eigenvalue weighted by Crippen LogP contribution is 2.15. The van der Waals surface area contributed by atoms with Crippen LogP contribution in [0.5, 0.6) is 0 Å². The molecule has 0 aromatic carbocycles. The molecule has 1 heterocycles. The fraction of sp³-hybridized carbons (Fsp3) is 0.938. The summed E-state index contributed by atoms with van der Waals surface area (Å²) in [7, 11) is 0. The molecule has 1 aliphatic heterocycles.